The van der Waals surface area contributed by atoms with E-state index in [1.165, 1.54) is 4.90 Å². The first kappa shape index (κ1) is 7.54. The van der Waals surface area contributed by atoms with E-state index in [4.69, 9.17) is 0 Å². The van der Waals surface area contributed by atoms with E-state index in [0.29, 0.717) is 0 Å². The van der Waals surface area contributed by atoms with Crippen LogP contribution in [0.3, 0.4) is 0 Å². The number of nitrogens with zero attached hydrogens (tertiary/aromatic N) is 1. The summed E-state index contributed by atoms with van der Waals surface area (Å²) in [4.78, 5) is 12.5. The van der Waals surface area contributed by atoms with Crippen LogP contribution in [0.1, 0.15) is 13.8 Å². The summed E-state index contributed by atoms with van der Waals surface area (Å²) < 4.78 is 0. The van der Waals surface area contributed by atoms with Crippen LogP contribution in [0.25, 0.3) is 0 Å². The number of aliphatic hydroxyl groups excluding tert-OH is 1. The van der Waals surface area contributed by atoms with Gasteiger partial charge in [0.25, 0.3) is 0 Å². The molecule has 0 radical (unpaired) electrons. The van der Waals surface area contributed by atoms with Crippen LogP contribution in [0.4, 0.5) is 0 Å². The van der Waals surface area contributed by atoms with Crippen molar-refractivity contribution in [3.05, 3.63) is 0 Å². The summed E-state index contributed by atoms with van der Waals surface area (Å²) in [5, 5.41) is 9.31. The van der Waals surface area contributed by atoms with Crippen molar-refractivity contribution in [2.75, 3.05) is 7.05 Å². The first-order chi connectivity index (χ1) is 4.55. The normalized spacial score (nSPS) is 41.0. The smallest absolute Gasteiger partial charge is 0.227 e. The van der Waals surface area contributed by atoms with Crippen molar-refractivity contribution in [2.45, 2.75) is 20.1 Å². The summed E-state index contributed by atoms with van der Waals surface area (Å²) >= 11 is 0. The van der Waals surface area contributed by atoms with Gasteiger partial charge < -0.3 is 10.0 Å². The van der Waals surface area contributed by atoms with Crippen molar-refractivity contribution in [1.82, 2.24) is 4.90 Å². The molecule has 0 spiro atoms. The van der Waals surface area contributed by atoms with Crippen molar-refractivity contribution >= 4 is 5.91 Å². The zero-order valence-corrected chi connectivity index (χ0v) is 6.53. The fraction of sp³-hybridized carbons (Fsp3) is 0.857. The molecule has 1 rings (SSSR count). The highest BCUT2D eigenvalue weighted by molar-refractivity contribution is 5.80. The third kappa shape index (κ3) is 0.814. The highest BCUT2D eigenvalue weighted by Gasteiger charge is 2.39. The minimum Gasteiger partial charge on any atom is -0.373 e. The summed E-state index contributed by atoms with van der Waals surface area (Å²) in [6.45, 7) is 3.73. The van der Waals surface area contributed by atoms with Gasteiger partial charge in [-0.3, -0.25) is 4.79 Å². The SMILES string of the molecule is C[C@@H]1C(=O)N(C)C(O)[C@@H]1C. The minimum absolute atomic E-state index is 0.0278. The molecular formula is C7H13NO2. The predicted molar refractivity (Wildman–Crippen MR) is 37.1 cm³/mol. The molecule has 0 aromatic heterocycles. The summed E-state index contributed by atoms with van der Waals surface area (Å²) in [5.41, 5.74) is 0. The Morgan fingerprint density at radius 2 is 2.00 bits per heavy atom. The van der Waals surface area contributed by atoms with Gasteiger partial charge in [0.15, 0.2) is 0 Å². The van der Waals surface area contributed by atoms with Crippen molar-refractivity contribution < 1.29 is 9.90 Å². The van der Waals surface area contributed by atoms with E-state index in [9.17, 15) is 9.90 Å². The van der Waals surface area contributed by atoms with Crippen molar-refractivity contribution in [3.8, 4) is 0 Å². The molecule has 0 aliphatic carbocycles. The molecule has 3 atom stereocenters. The first-order valence-corrected chi connectivity index (χ1v) is 3.50. The number of carbonyl (C=O) groups is 1. The summed E-state index contributed by atoms with van der Waals surface area (Å²) in [6, 6.07) is 0. The van der Waals surface area contributed by atoms with Gasteiger partial charge in [0, 0.05) is 18.9 Å². The fourth-order valence-corrected chi connectivity index (χ4v) is 1.29. The monoisotopic (exact) mass is 143 g/mol. The van der Waals surface area contributed by atoms with Crippen molar-refractivity contribution in [1.29, 1.82) is 0 Å². The predicted octanol–water partition coefficient (Wildman–Crippen LogP) is 0.0490. The molecule has 0 aromatic carbocycles. The molecule has 1 aliphatic heterocycles. The van der Waals surface area contributed by atoms with Crippen LogP contribution in [0.5, 0.6) is 0 Å². The Morgan fingerprint density at radius 3 is 2.10 bits per heavy atom. The summed E-state index contributed by atoms with van der Waals surface area (Å²) in [7, 11) is 1.63. The molecule has 1 unspecified atom stereocenters. The number of hydrogen-bond donors (Lipinski definition) is 1. The topological polar surface area (TPSA) is 40.5 Å². The lowest BCUT2D eigenvalue weighted by atomic mass is 9.99. The van der Waals surface area contributed by atoms with Gasteiger partial charge in [-0.15, -0.1) is 0 Å². The van der Waals surface area contributed by atoms with Gasteiger partial charge >= 0.3 is 0 Å². The fourth-order valence-electron chi connectivity index (χ4n) is 1.29. The Labute approximate surface area is 60.6 Å². The Morgan fingerprint density at radius 1 is 1.50 bits per heavy atom. The maximum Gasteiger partial charge on any atom is 0.227 e. The van der Waals surface area contributed by atoms with Gasteiger partial charge in [-0.05, 0) is 0 Å². The van der Waals surface area contributed by atoms with E-state index in [2.05, 4.69) is 0 Å². The van der Waals surface area contributed by atoms with Crippen LogP contribution in [0.2, 0.25) is 0 Å². The minimum atomic E-state index is -0.581. The van der Waals surface area contributed by atoms with Crippen molar-refractivity contribution in [3.63, 3.8) is 0 Å². The van der Waals surface area contributed by atoms with Gasteiger partial charge in [-0.2, -0.15) is 0 Å². The van der Waals surface area contributed by atoms with E-state index in [-0.39, 0.29) is 17.7 Å². The van der Waals surface area contributed by atoms with E-state index in [0.717, 1.165) is 0 Å². The average molecular weight is 143 g/mol. The Balaban J connectivity index is 2.78. The molecule has 1 N–H and O–H groups in total. The Hall–Kier alpha value is -0.570. The average Bonchev–Trinajstić information content (AvgIpc) is 2.07. The van der Waals surface area contributed by atoms with Crippen LogP contribution in [-0.2, 0) is 4.79 Å². The molecule has 1 heterocycles. The second-order valence-electron chi connectivity index (χ2n) is 3.01. The highest BCUT2D eigenvalue weighted by Crippen LogP contribution is 2.26. The third-order valence-electron chi connectivity index (χ3n) is 2.39. The van der Waals surface area contributed by atoms with Gasteiger partial charge in [0.05, 0.1) is 0 Å². The van der Waals surface area contributed by atoms with E-state index >= 15 is 0 Å². The van der Waals surface area contributed by atoms with E-state index in [1.807, 2.05) is 13.8 Å². The van der Waals surface area contributed by atoms with Crippen LogP contribution in [-0.4, -0.2) is 29.2 Å². The molecule has 1 amide bonds. The number of rotatable bonds is 0. The molecule has 1 aliphatic rings. The lowest BCUT2D eigenvalue weighted by Crippen LogP contribution is -2.30. The van der Waals surface area contributed by atoms with Gasteiger partial charge in [0.1, 0.15) is 6.23 Å². The summed E-state index contributed by atoms with van der Waals surface area (Å²) in [5.74, 6) is 0.0810. The molecule has 1 saturated heterocycles. The standard InChI is InChI=1S/C7H13NO2/c1-4-5(2)7(10)8(3)6(4)9/h4-6,9H,1-3H3/t4-,5+,6?/m1/s1. The first-order valence-electron chi connectivity index (χ1n) is 3.50. The second kappa shape index (κ2) is 2.23. The molecule has 58 valence electrons. The van der Waals surface area contributed by atoms with Gasteiger partial charge in [-0.25, -0.2) is 0 Å². The zero-order chi connectivity index (χ0) is 7.89. The Bertz CT molecular complexity index is 142. The maximum absolute atomic E-state index is 11.1. The molecular weight excluding hydrogens is 130 g/mol. The molecule has 0 bridgehead atoms. The number of amides is 1. The zero-order valence-electron chi connectivity index (χ0n) is 6.53. The lowest BCUT2D eigenvalue weighted by molar-refractivity contribution is -0.133. The molecule has 0 saturated carbocycles. The Kier molecular flexibility index (Phi) is 1.68. The number of hydrogen-bond acceptors (Lipinski definition) is 2. The number of carbonyl (C=O) groups excluding carboxylic acids is 1. The van der Waals surface area contributed by atoms with E-state index in [1.54, 1.807) is 7.05 Å². The van der Waals surface area contributed by atoms with Crippen LogP contribution in [0.15, 0.2) is 0 Å². The van der Waals surface area contributed by atoms with Gasteiger partial charge in [0.2, 0.25) is 5.91 Å². The molecule has 3 nitrogen and oxygen atoms in total. The van der Waals surface area contributed by atoms with Crippen molar-refractivity contribution in [2.24, 2.45) is 11.8 Å². The molecule has 1 fully saturated rings. The molecule has 0 aromatic rings. The van der Waals surface area contributed by atoms with E-state index < -0.39 is 6.23 Å². The molecule has 10 heavy (non-hydrogen) atoms. The number of aliphatic hydroxyl groups is 1. The summed E-state index contributed by atoms with van der Waals surface area (Å²) in [6.07, 6.45) is -0.581. The van der Waals surface area contributed by atoms with Crippen LogP contribution in [0, 0.1) is 11.8 Å². The lowest BCUT2D eigenvalue weighted by Gasteiger charge is -2.15. The van der Waals surface area contributed by atoms with Crippen LogP contribution >= 0.6 is 0 Å². The second-order valence-corrected chi connectivity index (χ2v) is 3.01. The largest absolute Gasteiger partial charge is 0.373 e. The quantitative estimate of drug-likeness (QED) is 0.520. The van der Waals surface area contributed by atoms with Crippen LogP contribution < -0.4 is 0 Å². The molecule has 3 heteroatoms. The maximum atomic E-state index is 11.1. The highest BCUT2D eigenvalue weighted by atomic mass is 16.3. The third-order valence-corrected chi connectivity index (χ3v) is 2.39. The number of likely N-dealkylation sites (tertiary alicyclic amines) is 1. The van der Waals surface area contributed by atoms with Gasteiger partial charge in [-0.1, -0.05) is 13.8 Å².